The molecule has 4 nitrogen and oxygen atoms in total. The standard InChI is InChI=1S/C10H17N3O/c1-13-6-8(5-12-13)4-9-2-3-14-7-10(9)11/h5-6,9-10H,2-4,7,11H2,1H3. The molecule has 0 amide bonds. The molecule has 1 aromatic heterocycles. The predicted octanol–water partition coefficient (Wildman–Crippen LogP) is 0.326. The summed E-state index contributed by atoms with van der Waals surface area (Å²) in [5, 5.41) is 4.15. The molecule has 2 N–H and O–H groups in total. The van der Waals surface area contributed by atoms with Crippen molar-refractivity contribution in [3.63, 3.8) is 0 Å². The quantitative estimate of drug-likeness (QED) is 0.739. The summed E-state index contributed by atoms with van der Waals surface area (Å²) in [6.45, 7) is 1.55. The highest BCUT2D eigenvalue weighted by molar-refractivity contribution is 5.05. The van der Waals surface area contributed by atoms with E-state index in [1.165, 1.54) is 5.56 Å². The van der Waals surface area contributed by atoms with Gasteiger partial charge in [-0.15, -0.1) is 0 Å². The van der Waals surface area contributed by atoms with Gasteiger partial charge in [0.1, 0.15) is 0 Å². The molecule has 0 spiro atoms. The Bertz CT molecular complexity index is 297. The summed E-state index contributed by atoms with van der Waals surface area (Å²) in [6, 6.07) is 0.184. The second-order valence-corrected chi connectivity index (χ2v) is 4.01. The van der Waals surface area contributed by atoms with Crippen molar-refractivity contribution in [3.05, 3.63) is 18.0 Å². The zero-order valence-corrected chi connectivity index (χ0v) is 8.52. The van der Waals surface area contributed by atoms with Crippen molar-refractivity contribution in [3.8, 4) is 0 Å². The van der Waals surface area contributed by atoms with Gasteiger partial charge in [-0.1, -0.05) is 0 Å². The molecule has 2 heterocycles. The summed E-state index contributed by atoms with van der Waals surface area (Å²) in [5.74, 6) is 0.549. The molecule has 4 heteroatoms. The molecule has 1 saturated heterocycles. The van der Waals surface area contributed by atoms with E-state index in [4.69, 9.17) is 10.5 Å². The Hall–Kier alpha value is -0.870. The van der Waals surface area contributed by atoms with Gasteiger partial charge in [0, 0.05) is 25.9 Å². The van der Waals surface area contributed by atoms with Gasteiger partial charge in [0.05, 0.1) is 12.8 Å². The Kier molecular flexibility index (Phi) is 2.84. The Balaban J connectivity index is 1.95. The number of ether oxygens (including phenoxy) is 1. The second kappa shape index (κ2) is 4.11. The van der Waals surface area contributed by atoms with E-state index in [2.05, 4.69) is 11.3 Å². The van der Waals surface area contributed by atoms with Gasteiger partial charge in [0.2, 0.25) is 0 Å². The van der Waals surface area contributed by atoms with Crippen LogP contribution in [0.25, 0.3) is 0 Å². The van der Waals surface area contributed by atoms with Gasteiger partial charge in [-0.3, -0.25) is 4.68 Å². The Morgan fingerprint density at radius 3 is 3.21 bits per heavy atom. The lowest BCUT2D eigenvalue weighted by atomic mass is 9.90. The number of hydrogen-bond donors (Lipinski definition) is 1. The maximum absolute atomic E-state index is 5.98. The van der Waals surface area contributed by atoms with Crippen molar-refractivity contribution >= 4 is 0 Å². The highest BCUT2D eigenvalue weighted by Crippen LogP contribution is 2.18. The van der Waals surface area contributed by atoms with Gasteiger partial charge < -0.3 is 10.5 Å². The number of rotatable bonds is 2. The molecule has 0 radical (unpaired) electrons. The molecule has 0 aliphatic carbocycles. The first kappa shape index (κ1) is 9.68. The predicted molar refractivity (Wildman–Crippen MR) is 53.8 cm³/mol. The van der Waals surface area contributed by atoms with Crippen LogP contribution in [0.2, 0.25) is 0 Å². The highest BCUT2D eigenvalue weighted by atomic mass is 16.5. The van der Waals surface area contributed by atoms with Gasteiger partial charge in [-0.2, -0.15) is 5.10 Å². The van der Waals surface area contributed by atoms with E-state index >= 15 is 0 Å². The lowest BCUT2D eigenvalue weighted by Gasteiger charge is -2.28. The first-order valence-corrected chi connectivity index (χ1v) is 5.06. The van der Waals surface area contributed by atoms with Crippen LogP contribution in [0, 0.1) is 5.92 Å². The molecule has 0 aromatic carbocycles. The Morgan fingerprint density at radius 1 is 1.71 bits per heavy atom. The zero-order valence-electron chi connectivity index (χ0n) is 8.52. The van der Waals surface area contributed by atoms with E-state index in [0.29, 0.717) is 12.5 Å². The minimum atomic E-state index is 0.184. The largest absolute Gasteiger partial charge is 0.380 e. The van der Waals surface area contributed by atoms with Gasteiger partial charge in [-0.05, 0) is 24.3 Å². The summed E-state index contributed by atoms with van der Waals surface area (Å²) in [4.78, 5) is 0. The molecule has 1 fully saturated rings. The maximum atomic E-state index is 5.98. The van der Waals surface area contributed by atoms with Gasteiger partial charge in [0.25, 0.3) is 0 Å². The van der Waals surface area contributed by atoms with Crippen molar-refractivity contribution in [2.75, 3.05) is 13.2 Å². The third kappa shape index (κ3) is 2.13. The molecule has 78 valence electrons. The van der Waals surface area contributed by atoms with Crippen molar-refractivity contribution in [2.24, 2.45) is 18.7 Å². The van der Waals surface area contributed by atoms with Crippen LogP contribution < -0.4 is 5.73 Å². The van der Waals surface area contributed by atoms with Crippen LogP contribution in [-0.2, 0) is 18.2 Å². The lowest BCUT2D eigenvalue weighted by Crippen LogP contribution is -2.40. The molecule has 1 aliphatic rings. The van der Waals surface area contributed by atoms with Crippen LogP contribution in [0.15, 0.2) is 12.4 Å². The van der Waals surface area contributed by atoms with Crippen molar-refractivity contribution in [2.45, 2.75) is 18.9 Å². The molecule has 1 aromatic rings. The van der Waals surface area contributed by atoms with E-state index in [9.17, 15) is 0 Å². The lowest BCUT2D eigenvalue weighted by molar-refractivity contribution is 0.0492. The van der Waals surface area contributed by atoms with Crippen LogP contribution >= 0.6 is 0 Å². The van der Waals surface area contributed by atoms with Gasteiger partial charge in [-0.25, -0.2) is 0 Å². The van der Waals surface area contributed by atoms with Crippen molar-refractivity contribution in [1.29, 1.82) is 0 Å². The fraction of sp³-hybridized carbons (Fsp3) is 0.700. The first-order chi connectivity index (χ1) is 6.75. The third-order valence-corrected chi connectivity index (χ3v) is 2.81. The number of nitrogens with two attached hydrogens (primary N) is 1. The van der Waals surface area contributed by atoms with Crippen LogP contribution in [-0.4, -0.2) is 29.0 Å². The number of aromatic nitrogens is 2. The van der Waals surface area contributed by atoms with E-state index in [-0.39, 0.29) is 6.04 Å². The molecule has 1 aliphatic heterocycles. The summed E-state index contributed by atoms with van der Waals surface area (Å²) in [7, 11) is 1.94. The average Bonchev–Trinajstić information content (AvgIpc) is 2.56. The third-order valence-electron chi connectivity index (χ3n) is 2.81. The van der Waals surface area contributed by atoms with Gasteiger partial charge >= 0.3 is 0 Å². The molecule has 2 rings (SSSR count). The van der Waals surface area contributed by atoms with Crippen molar-refractivity contribution < 1.29 is 4.74 Å². The Morgan fingerprint density at radius 2 is 2.57 bits per heavy atom. The number of aryl methyl sites for hydroxylation is 1. The SMILES string of the molecule is Cn1cc(CC2CCOCC2N)cn1. The highest BCUT2D eigenvalue weighted by Gasteiger charge is 2.22. The summed E-state index contributed by atoms with van der Waals surface area (Å²) in [6.07, 6.45) is 6.07. The molecule has 0 bridgehead atoms. The van der Waals surface area contributed by atoms with E-state index < -0.39 is 0 Å². The number of nitrogens with zero attached hydrogens (tertiary/aromatic N) is 2. The molecule has 14 heavy (non-hydrogen) atoms. The van der Waals surface area contributed by atoms with Crippen LogP contribution in [0.5, 0.6) is 0 Å². The van der Waals surface area contributed by atoms with Crippen molar-refractivity contribution in [1.82, 2.24) is 9.78 Å². The maximum Gasteiger partial charge on any atom is 0.0620 e. The van der Waals surface area contributed by atoms with E-state index in [1.807, 2.05) is 17.9 Å². The fourth-order valence-corrected chi connectivity index (χ4v) is 1.94. The van der Waals surface area contributed by atoms with Crippen LogP contribution in [0.1, 0.15) is 12.0 Å². The Labute approximate surface area is 84.0 Å². The smallest absolute Gasteiger partial charge is 0.0620 e. The molecular formula is C10H17N3O. The molecular weight excluding hydrogens is 178 g/mol. The summed E-state index contributed by atoms with van der Waals surface area (Å²) in [5.41, 5.74) is 7.25. The topological polar surface area (TPSA) is 53.1 Å². The molecule has 0 saturated carbocycles. The van der Waals surface area contributed by atoms with Gasteiger partial charge in [0.15, 0.2) is 0 Å². The summed E-state index contributed by atoms with van der Waals surface area (Å²) < 4.78 is 7.14. The zero-order chi connectivity index (χ0) is 9.97. The first-order valence-electron chi connectivity index (χ1n) is 5.06. The van der Waals surface area contributed by atoms with Crippen LogP contribution in [0.4, 0.5) is 0 Å². The minimum Gasteiger partial charge on any atom is -0.380 e. The summed E-state index contributed by atoms with van der Waals surface area (Å²) >= 11 is 0. The fourth-order valence-electron chi connectivity index (χ4n) is 1.94. The number of hydrogen-bond acceptors (Lipinski definition) is 3. The van der Waals surface area contributed by atoms with Crippen LogP contribution in [0.3, 0.4) is 0 Å². The normalized spacial score (nSPS) is 27.9. The second-order valence-electron chi connectivity index (χ2n) is 4.01. The van der Waals surface area contributed by atoms with E-state index in [1.54, 1.807) is 0 Å². The molecule has 2 atom stereocenters. The average molecular weight is 195 g/mol. The minimum absolute atomic E-state index is 0.184. The van der Waals surface area contributed by atoms with E-state index in [0.717, 1.165) is 19.4 Å². The monoisotopic (exact) mass is 195 g/mol. The molecule has 2 unspecified atom stereocenters.